The third-order valence-electron chi connectivity index (χ3n) is 2.87. The van der Waals surface area contributed by atoms with Crippen LogP contribution in [0.2, 0.25) is 0 Å². The van der Waals surface area contributed by atoms with Crippen LogP contribution in [-0.4, -0.2) is 9.99 Å². The summed E-state index contributed by atoms with van der Waals surface area (Å²) in [4.78, 5) is 13.1. The number of Topliss-reactive ketones (excluding diaryl/α,β-unsaturated/α-hetero) is 1. The first-order chi connectivity index (χ1) is 8.29. The maximum atomic E-state index is 12.3. The molecule has 0 aromatic heterocycles. The molecule has 0 aliphatic heterocycles. The highest BCUT2D eigenvalue weighted by Gasteiger charge is 2.18. The topological polar surface area (TPSA) is 34.1 Å². The number of hydrogen-bond donors (Lipinski definition) is 0. The van der Waals surface area contributed by atoms with E-state index < -0.39 is 10.8 Å². The Bertz CT molecular complexity index is 449. The van der Waals surface area contributed by atoms with Crippen molar-refractivity contribution < 1.29 is 9.00 Å². The van der Waals surface area contributed by atoms with Gasteiger partial charge in [0.05, 0.1) is 15.7 Å². The van der Waals surface area contributed by atoms with Crippen molar-refractivity contribution in [1.82, 2.24) is 0 Å². The number of ketones is 1. The van der Waals surface area contributed by atoms with Crippen molar-refractivity contribution in [3.8, 4) is 0 Å². The molecule has 0 heterocycles. The Kier molecular flexibility index (Phi) is 4.26. The molecule has 0 amide bonds. The number of rotatable bonds is 2. The van der Waals surface area contributed by atoms with E-state index in [-0.39, 0.29) is 5.78 Å². The summed E-state index contributed by atoms with van der Waals surface area (Å²) in [5.41, 5.74) is 0. The minimum Gasteiger partial charge on any atom is -0.294 e. The van der Waals surface area contributed by atoms with Crippen LogP contribution in [0.5, 0.6) is 0 Å². The maximum Gasteiger partial charge on any atom is 0.171 e. The predicted molar refractivity (Wildman–Crippen MR) is 69.0 cm³/mol. The minimum absolute atomic E-state index is 0.0480. The van der Waals surface area contributed by atoms with Gasteiger partial charge in [-0.2, -0.15) is 0 Å². The molecule has 17 heavy (non-hydrogen) atoms. The van der Waals surface area contributed by atoms with E-state index in [1.807, 2.05) is 36.4 Å². The van der Waals surface area contributed by atoms with Gasteiger partial charge in [-0.3, -0.25) is 4.79 Å². The summed E-state index contributed by atoms with van der Waals surface area (Å²) in [5, 5.41) is 0. The van der Waals surface area contributed by atoms with Crippen molar-refractivity contribution in [2.45, 2.75) is 37.0 Å². The van der Waals surface area contributed by atoms with Crippen LogP contribution in [0.3, 0.4) is 0 Å². The zero-order chi connectivity index (χ0) is 12.1. The highest BCUT2D eigenvalue weighted by atomic mass is 32.2. The van der Waals surface area contributed by atoms with Crippen LogP contribution in [0, 0.1) is 0 Å². The molecule has 1 aliphatic carbocycles. The Labute approximate surface area is 104 Å². The molecule has 0 bridgehead atoms. The summed E-state index contributed by atoms with van der Waals surface area (Å²) in [6, 6.07) is 9.20. The van der Waals surface area contributed by atoms with E-state index in [1.54, 1.807) is 0 Å². The molecule has 2 nitrogen and oxygen atoms in total. The van der Waals surface area contributed by atoms with Crippen molar-refractivity contribution in [1.29, 1.82) is 0 Å². The zero-order valence-electron chi connectivity index (χ0n) is 9.72. The normalized spacial score (nSPS) is 22.1. The van der Waals surface area contributed by atoms with Gasteiger partial charge >= 0.3 is 0 Å². The van der Waals surface area contributed by atoms with Crippen LogP contribution in [0.1, 0.15) is 32.1 Å². The summed E-state index contributed by atoms with van der Waals surface area (Å²) in [6.07, 6.45) is 6.35. The van der Waals surface area contributed by atoms with Crippen LogP contribution in [0.25, 0.3) is 0 Å². The van der Waals surface area contributed by atoms with Crippen LogP contribution in [0.4, 0.5) is 0 Å². The molecule has 1 atom stereocenters. The van der Waals surface area contributed by atoms with E-state index in [0.717, 1.165) is 25.7 Å². The average molecular weight is 248 g/mol. The summed E-state index contributed by atoms with van der Waals surface area (Å²) >= 11 is 0. The van der Waals surface area contributed by atoms with Crippen molar-refractivity contribution in [2.24, 2.45) is 0 Å². The summed E-state index contributed by atoms with van der Waals surface area (Å²) in [5.74, 6) is 0.0480. The fourth-order valence-corrected chi connectivity index (χ4v) is 3.16. The van der Waals surface area contributed by atoms with Crippen LogP contribution >= 0.6 is 0 Å². The first-order valence-corrected chi connectivity index (χ1v) is 7.14. The van der Waals surface area contributed by atoms with Gasteiger partial charge in [-0.15, -0.1) is 0 Å². The second-order valence-electron chi connectivity index (χ2n) is 4.17. The quantitative estimate of drug-likeness (QED) is 0.805. The molecule has 0 saturated heterocycles. The highest BCUT2D eigenvalue weighted by Crippen LogP contribution is 2.21. The lowest BCUT2D eigenvalue weighted by Crippen LogP contribution is -2.10. The van der Waals surface area contributed by atoms with Crippen LogP contribution < -0.4 is 0 Å². The summed E-state index contributed by atoms with van der Waals surface area (Å²) in [7, 11) is -1.31. The molecule has 0 fully saturated rings. The van der Waals surface area contributed by atoms with Gasteiger partial charge in [-0.05, 0) is 31.4 Å². The lowest BCUT2D eigenvalue weighted by atomic mass is 10.1. The SMILES string of the molecule is O=C1CCCCC/C=C\1S(=O)c1ccccc1. The highest BCUT2D eigenvalue weighted by molar-refractivity contribution is 7.90. The van der Waals surface area contributed by atoms with Crippen LogP contribution in [-0.2, 0) is 15.6 Å². The lowest BCUT2D eigenvalue weighted by Gasteiger charge is -2.10. The first kappa shape index (κ1) is 12.2. The Hall–Kier alpha value is -1.22. The van der Waals surface area contributed by atoms with Crippen molar-refractivity contribution in [3.63, 3.8) is 0 Å². The molecule has 0 N–H and O–H groups in total. The minimum atomic E-state index is -1.31. The Morgan fingerprint density at radius 2 is 1.76 bits per heavy atom. The maximum absolute atomic E-state index is 12.3. The summed E-state index contributed by atoms with van der Waals surface area (Å²) in [6.45, 7) is 0. The predicted octanol–water partition coefficient (Wildman–Crippen LogP) is 3.21. The third kappa shape index (κ3) is 3.13. The van der Waals surface area contributed by atoms with E-state index >= 15 is 0 Å². The fraction of sp³-hybridized carbons (Fsp3) is 0.357. The molecule has 0 radical (unpaired) electrons. The molecule has 90 valence electrons. The molecule has 0 spiro atoms. The molecule has 1 aliphatic rings. The van der Waals surface area contributed by atoms with E-state index in [9.17, 15) is 9.00 Å². The molecule has 0 saturated carbocycles. The number of allylic oxidation sites excluding steroid dienone is 2. The number of carbonyl (C=O) groups is 1. The van der Waals surface area contributed by atoms with E-state index in [1.165, 1.54) is 0 Å². The van der Waals surface area contributed by atoms with Crippen molar-refractivity contribution in [3.05, 3.63) is 41.3 Å². The molecular formula is C14H16O2S. The van der Waals surface area contributed by atoms with Gasteiger partial charge in [0.15, 0.2) is 5.78 Å². The smallest absolute Gasteiger partial charge is 0.171 e. The average Bonchev–Trinajstić information content (AvgIpc) is 2.35. The second kappa shape index (κ2) is 5.92. The van der Waals surface area contributed by atoms with Gasteiger partial charge in [0.1, 0.15) is 0 Å². The molecule has 2 rings (SSSR count). The van der Waals surface area contributed by atoms with Gasteiger partial charge in [-0.1, -0.05) is 30.7 Å². The Balaban J connectivity index is 2.25. The summed E-state index contributed by atoms with van der Waals surface area (Å²) < 4.78 is 12.3. The van der Waals surface area contributed by atoms with Gasteiger partial charge in [0.2, 0.25) is 0 Å². The van der Waals surface area contributed by atoms with E-state index in [2.05, 4.69) is 0 Å². The number of hydrogen-bond acceptors (Lipinski definition) is 2. The number of benzene rings is 1. The van der Waals surface area contributed by atoms with Gasteiger partial charge in [-0.25, -0.2) is 4.21 Å². The Morgan fingerprint density at radius 1 is 1.00 bits per heavy atom. The zero-order valence-corrected chi connectivity index (χ0v) is 10.5. The van der Waals surface area contributed by atoms with Crippen molar-refractivity contribution in [2.75, 3.05) is 0 Å². The van der Waals surface area contributed by atoms with E-state index in [4.69, 9.17) is 0 Å². The Morgan fingerprint density at radius 3 is 2.53 bits per heavy atom. The van der Waals surface area contributed by atoms with Gasteiger partial charge < -0.3 is 0 Å². The molecule has 1 aromatic rings. The number of carbonyl (C=O) groups excluding carboxylic acids is 1. The van der Waals surface area contributed by atoms with E-state index in [0.29, 0.717) is 16.2 Å². The van der Waals surface area contributed by atoms with Gasteiger partial charge in [0, 0.05) is 11.3 Å². The third-order valence-corrected chi connectivity index (χ3v) is 4.36. The largest absolute Gasteiger partial charge is 0.294 e. The first-order valence-electron chi connectivity index (χ1n) is 5.99. The molecular weight excluding hydrogens is 232 g/mol. The second-order valence-corrected chi connectivity index (χ2v) is 5.62. The standard InChI is InChI=1S/C14H16O2S/c15-13-10-6-1-2-7-11-14(13)17(16)12-8-4-3-5-9-12/h3-5,8-9,11H,1-2,6-7,10H2/b14-11+. The van der Waals surface area contributed by atoms with Crippen LogP contribution in [0.15, 0.2) is 46.2 Å². The van der Waals surface area contributed by atoms with Crippen molar-refractivity contribution >= 4 is 16.6 Å². The molecule has 3 heteroatoms. The monoisotopic (exact) mass is 248 g/mol. The fourth-order valence-electron chi connectivity index (χ4n) is 1.93. The molecule has 1 aromatic carbocycles. The van der Waals surface area contributed by atoms with Gasteiger partial charge in [0.25, 0.3) is 0 Å². The lowest BCUT2D eigenvalue weighted by molar-refractivity contribution is -0.115. The molecule has 1 unspecified atom stereocenters.